The average molecular weight is 358 g/mol. The summed E-state index contributed by atoms with van der Waals surface area (Å²) in [6.07, 6.45) is 2.53. The number of unbranched alkanes of at least 4 members (excludes halogenated alkanes) is 1. The molecule has 0 atom stereocenters. The average Bonchev–Trinajstić information content (AvgIpc) is 2.95. The van der Waals surface area contributed by atoms with Crippen LogP contribution < -0.4 is 5.32 Å². The summed E-state index contributed by atoms with van der Waals surface area (Å²) >= 11 is 0. The molecule has 1 aliphatic rings. The molecule has 0 unspecified atom stereocenters. The third-order valence-corrected chi connectivity index (χ3v) is 5.29. The van der Waals surface area contributed by atoms with Crippen molar-refractivity contribution in [2.45, 2.75) is 39.7 Å². The van der Waals surface area contributed by atoms with E-state index in [4.69, 9.17) is 4.98 Å². The van der Waals surface area contributed by atoms with Crippen LogP contribution in [0.25, 0.3) is 11.0 Å². The second kappa shape index (κ2) is 8.64. The maximum absolute atomic E-state index is 11.9. The van der Waals surface area contributed by atoms with E-state index in [1.54, 1.807) is 0 Å². The number of hydrogen-bond donors (Lipinski definition) is 1. The molecule has 26 heavy (non-hydrogen) atoms. The van der Waals surface area contributed by atoms with Crippen molar-refractivity contribution >= 4 is 22.6 Å². The summed E-state index contributed by atoms with van der Waals surface area (Å²) in [5.41, 5.74) is 2.89. The van der Waals surface area contributed by atoms with Gasteiger partial charge in [0.15, 0.2) is 0 Å². The Morgan fingerprint density at radius 1 is 1.15 bits per heavy atom. The molecule has 6 nitrogen and oxygen atoms in total. The molecule has 6 heteroatoms. The van der Waals surface area contributed by atoms with E-state index < -0.39 is 0 Å². The van der Waals surface area contributed by atoms with Crippen molar-refractivity contribution in [1.29, 1.82) is 0 Å². The lowest BCUT2D eigenvalue weighted by Crippen LogP contribution is -2.45. The Balaban J connectivity index is 1.68. The lowest BCUT2D eigenvalue weighted by molar-refractivity contribution is -0.116. The van der Waals surface area contributed by atoms with Gasteiger partial charge in [-0.3, -0.25) is 9.69 Å². The van der Waals surface area contributed by atoms with Crippen LogP contribution in [-0.2, 0) is 18.4 Å². The van der Waals surface area contributed by atoms with Crippen molar-refractivity contribution in [2.75, 3.05) is 38.0 Å². The number of nitrogens with zero attached hydrogens (tertiary/aromatic N) is 4. The quantitative estimate of drug-likeness (QED) is 0.828. The van der Waals surface area contributed by atoms with Crippen molar-refractivity contribution < 1.29 is 4.79 Å². The molecule has 1 aromatic heterocycles. The molecule has 0 saturated carbocycles. The molecule has 3 rings (SSSR count). The minimum absolute atomic E-state index is 0.0798. The highest BCUT2D eigenvalue weighted by Gasteiger charge is 2.18. The van der Waals surface area contributed by atoms with Crippen molar-refractivity contribution in [1.82, 2.24) is 19.4 Å². The number of rotatable bonds is 7. The van der Waals surface area contributed by atoms with Gasteiger partial charge in [0.25, 0.3) is 0 Å². The first kappa shape index (κ1) is 18.9. The predicted molar refractivity (Wildman–Crippen MR) is 106 cm³/mol. The second-order valence-corrected chi connectivity index (χ2v) is 7.15. The second-order valence-electron chi connectivity index (χ2n) is 7.15. The van der Waals surface area contributed by atoms with Crippen LogP contribution in [0.4, 0.5) is 5.69 Å². The highest BCUT2D eigenvalue weighted by atomic mass is 16.1. The van der Waals surface area contributed by atoms with Gasteiger partial charge in [-0.05, 0) is 31.2 Å². The summed E-state index contributed by atoms with van der Waals surface area (Å²) in [6, 6.07) is 6.01. The van der Waals surface area contributed by atoms with Crippen LogP contribution >= 0.6 is 0 Å². The highest BCUT2D eigenvalue weighted by Crippen LogP contribution is 2.21. The van der Waals surface area contributed by atoms with E-state index in [0.29, 0.717) is 6.42 Å². The third-order valence-electron chi connectivity index (χ3n) is 5.29. The number of nitrogens with one attached hydrogen (secondary N) is 1. The molecule has 1 N–H and O–H groups in total. The van der Waals surface area contributed by atoms with Crippen LogP contribution in [0.3, 0.4) is 0 Å². The fourth-order valence-electron chi connectivity index (χ4n) is 3.49. The molecule has 0 bridgehead atoms. The Hall–Kier alpha value is -1.92. The Morgan fingerprint density at radius 3 is 2.58 bits per heavy atom. The van der Waals surface area contributed by atoms with Crippen LogP contribution in [-0.4, -0.2) is 58.0 Å². The Labute approximate surface area is 156 Å². The maximum Gasteiger partial charge on any atom is 0.224 e. The number of benzene rings is 1. The Bertz CT molecular complexity index is 746. The summed E-state index contributed by atoms with van der Waals surface area (Å²) in [4.78, 5) is 21.7. The Morgan fingerprint density at radius 2 is 1.88 bits per heavy atom. The SMILES string of the molecule is CCCCC(=O)Nc1ccc2c(c1)nc(CN1CCN(CC)CC1)n2C. The molecule has 1 aliphatic heterocycles. The van der Waals surface area contributed by atoms with Gasteiger partial charge in [-0.15, -0.1) is 0 Å². The molecule has 2 heterocycles. The number of anilines is 1. The van der Waals surface area contributed by atoms with E-state index in [9.17, 15) is 4.79 Å². The maximum atomic E-state index is 11.9. The number of likely N-dealkylation sites (N-methyl/N-ethyl adjacent to an activating group) is 1. The summed E-state index contributed by atoms with van der Waals surface area (Å²) in [5, 5.41) is 2.99. The van der Waals surface area contributed by atoms with Gasteiger partial charge in [0.05, 0.1) is 17.6 Å². The zero-order valence-corrected chi connectivity index (χ0v) is 16.3. The molecule has 1 aromatic carbocycles. The van der Waals surface area contributed by atoms with E-state index in [1.165, 1.54) is 0 Å². The molecule has 1 fully saturated rings. The number of carbonyl (C=O) groups is 1. The van der Waals surface area contributed by atoms with Crippen LogP contribution in [0.15, 0.2) is 18.2 Å². The number of imidazole rings is 1. The van der Waals surface area contributed by atoms with E-state index in [0.717, 1.165) is 74.7 Å². The molecule has 0 spiro atoms. The first-order chi connectivity index (χ1) is 12.6. The van der Waals surface area contributed by atoms with Gasteiger partial charge in [-0.2, -0.15) is 0 Å². The molecule has 2 aromatic rings. The first-order valence-corrected chi connectivity index (χ1v) is 9.80. The van der Waals surface area contributed by atoms with Crippen LogP contribution in [0.5, 0.6) is 0 Å². The zero-order valence-electron chi connectivity index (χ0n) is 16.3. The lowest BCUT2D eigenvalue weighted by Gasteiger charge is -2.33. The molecular formula is C20H31N5O. The zero-order chi connectivity index (χ0) is 18.5. The minimum Gasteiger partial charge on any atom is -0.330 e. The lowest BCUT2D eigenvalue weighted by atomic mass is 10.2. The van der Waals surface area contributed by atoms with E-state index in [-0.39, 0.29) is 5.91 Å². The molecule has 1 saturated heterocycles. The van der Waals surface area contributed by atoms with Crippen LogP contribution in [0, 0.1) is 0 Å². The summed E-state index contributed by atoms with van der Waals surface area (Å²) in [5.74, 6) is 1.16. The summed E-state index contributed by atoms with van der Waals surface area (Å²) in [7, 11) is 2.08. The standard InChI is InChI=1S/C20H31N5O/c1-4-6-7-20(26)21-16-8-9-18-17(14-16)22-19(23(18)3)15-25-12-10-24(5-2)11-13-25/h8-9,14H,4-7,10-13,15H2,1-3H3,(H,21,26). The number of hydrogen-bond acceptors (Lipinski definition) is 4. The topological polar surface area (TPSA) is 53.4 Å². The van der Waals surface area contributed by atoms with Crippen molar-refractivity contribution in [2.24, 2.45) is 7.05 Å². The fraction of sp³-hybridized carbons (Fsp3) is 0.600. The number of fused-ring (bicyclic) bond motifs is 1. The minimum atomic E-state index is 0.0798. The number of piperazine rings is 1. The van der Waals surface area contributed by atoms with Gasteiger partial charge in [-0.1, -0.05) is 20.3 Å². The molecule has 0 aliphatic carbocycles. The number of amides is 1. The Kier molecular flexibility index (Phi) is 6.27. The van der Waals surface area contributed by atoms with E-state index >= 15 is 0 Å². The smallest absolute Gasteiger partial charge is 0.224 e. The normalized spacial score (nSPS) is 16.3. The number of aryl methyl sites for hydroxylation is 1. The van der Waals surface area contributed by atoms with Gasteiger partial charge < -0.3 is 14.8 Å². The van der Waals surface area contributed by atoms with Gasteiger partial charge >= 0.3 is 0 Å². The molecule has 1 amide bonds. The van der Waals surface area contributed by atoms with Gasteiger partial charge in [0.1, 0.15) is 5.82 Å². The monoisotopic (exact) mass is 357 g/mol. The summed E-state index contributed by atoms with van der Waals surface area (Å²) in [6.45, 7) is 10.8. The number of carbonyl (C=O) groups excluding carboxylic acids is 1. The fourth-order valence-corrected chi connectivity index (χ4v) is 3.49. The summed E-state index contributed by atoms with van der Waals surface area (Å²) < 4.78 is 2.17. The van der Waals surface area contributed by atoms with Crippen LogP contribution in [0.1, 0.15) is 38.9 Å². The first-order valence-electron chi connectivity index (χ1n) is 9.80. The van der Waals surface area contributed by atoms with Crippen molar-refractivity contribution in [3.63, 3.8) is 0 Å². The van der Waals surface area contributed by atoms with Crippen LogP contribution in [0.2, 0.25) is 0 Å². The van der Waals surface area contributed by atoms with E-state index in [2.05, 4.69) is 46.6 Å². The molecule has 142 valence electrons. The van der Waals surface area contributed by atoms with Gasteiger partial charge in [0.2, 0.25) is 5.91 Å². The largest absolute Gasteiger partial charge is 0.330 e. The van der Waals surface area contributed by atoms with Gasteiger partial charge in [-0.25, -0.2) is 4.98 Å². The van der Waals surface area contributed by atoms with Crippen molar-refractivity contribution in [3.05, 3.63) is 24.0 Å². The van der Waals surface area contributed by atoms with E-state index in [1.807, 2.05) is 12.1 Å². The molecule has 0 radical (unpaired) electrons. The third kappa shape index (κ3) is 4.43. The predicted octanol–water partition coefficient (Wildman–Crippen LogP) is 2.84. The van der Waals surface area contributed by atoms with Gasteiger partial charge in [0, 0.05) is 45.3 Å². The highest BCUT2D eigenvalue weighted by molar-refractivity contribution is 5.93. The molecular weight excluding hydrogens is 326 g/mol. The van der Waals surface area contributed by atoms with Crippen molar-refractivity contribution in [3.8, 4) is 0 Å². The number of aromatic nitrogens is 2.